The third-order valence-electron chi connectivity index (χ3n) is 2.85. The lowest BCUT2D eigenvalue weighted by atomic mass is 10.1. The third kappa shape index (κ3) is 2.07. The van der Waals surface area contributed by atoms with Gasteiger partial charge in [-0.2, -0.15) is 0 Å². The third-order valence-corrected chi connectivity index (χ3v) is 2.85. The molecule has 1 aliphatic heterocycles. The Balaban J connectivity index is 2.42. The minimum atomic E-state index is -1.47. The first-order chi connectivity index (χ1) is 8.54. The van der Waals surface area contributed by atoms with E-state index in [4.69, 9.17) is 0 Å². The summed E-state index contributed by atoms with van der Waals surface area (Å²) in [6, 6.07) is 0.553. The number of nitroso groups, excluding NO2 is 1. The number of hydrogen-bond donors (Lipinski definition) is 0. The highest BCUT2D eigenvalue weighted by Crippen LogP contribution is 2.32. The molecule has 2 rings (SSSR count). The Bertz CT molecular complexity index is 510. The molecule has 0 aliphatic carbocycles. The van der Waals surface area contributed by atoms with Gasteiger partial charge in [0.15, 0.2) is 17.5 Å². The van der Waals surface area contributed by atoms with Crippen molar-refractivity contribution in [3.63, 3.8) is 0 Å². The van der Waals surface area contributed by atoms with E-state index >= 15 is 0 Å². The summed E-state index contributed by atoms with van der Waals surface area (Å²) < 4.78 is 40.6. The average molecular weight is 258 g/mol. The lowest BCUT2D eigenvalue weighted by Crippen LogP contribution is -2.35. The summed E-state index contributed by atoms with van der Waals surface area (Å²) in [5.41, 5.74) is -1.45. The molecule has 0 N–H and O–H groups in total. The maximum absolute atomic E-state index is 13.7. The second kappa shape index (κ2) is 4.75. The lowest BCUT2D eigenvalue weighted by Gasteiger charge is -2.28. The second-order valence-electron chi connectivity index (χ2n) is 3.97. The summed E-state index contributed by atoms with van der Waals surface area (Å²) in [6.07, 6.45) is 0.322. The van der Waals surface area contributed by atoms with E-state index in [9.17, 15) is 22.9 Å². The molecule has 1 fully saturated rings. The van der Waals surface area contributed by atoms with Crippen LogP contribution in [0.1, 0.15) is 12.8 Å². The SMILES string of the molecule is O=Nc1cc(F)c(N2CCC(=O)CC2)c(F)c1F. The maximum atomic E-state index is 13.7. The molecule has 0 atom stereocenters. The van der Waals surface area contributed by atoms with Crippen molar-refractivity contribution in [2.45, 2.75) is 12.8 Å². The van der Waals surface area contributed by atoms with Gasteiger partial charge in [0.25, 0.3) is 0 Å². The van der Waals surface area contributed by atoms with Gasteiger partial charge in [-0.05, 0) is 5.18 Å². The van der Waals surface area contributed by atoms with Gasteiger partial charge in [-0.1, -0.05) is 0 Å². The number of rotatable bonds is 2. The first-order valence-corrected chi connectivity index (χ1v) is 5.32. The van der Waals surface area contributed by atoms with Crippen LogP contribution in [0.2, 0.25) is 0 Å². The maximum Gasteiger partial charge on any atom is 0.190 e. The van der Waals surface area contributed by atoms with Crippen molar-refractivity contribution in [3.05, 3.63) is 28.4 Å². The van der Waals surface area contributed by atoms with E-state index in [1.54, 1.807) is 0 Å². The summed E-state index contributed by atoms with van der Waals surface area (Å²) in [4.78, 5) is 22.5. The molecule has 0 spiro atoms. The molecule has 1 aromatic carbocycles. The monoisotopic (exact) mass is 258 g/mol. The van der Waals surface area contributed by atoms with E-state index in [1.165, 1.54) is 4.90 Å². The smallest absolute Gasteiger partial charge is 0.190 e. The fourth-order valence-electron chi connectivity index (χ4n) is 1.91. The number of halogens is 3. The number of piperidine rings is 1. The first kappa shape index (κ1) is 12.5. The molecule has 0 unspecified atom stereocenters. The predicted molar refractivity (Wildman–Crippen MR) is 58.2 cm³/mol. The van der Waals surface area contributed by atoms with Gasteiger partial charge in [0.2, 0.25) is 0 Å². The van der Waals surface area contributed by atoms with Crippen LogP contribution in [0.15, 0.2) is 11.2 Å². The molecule has 0 bridgehead atoms. The van der Waals surface area contributed by atoms with E-state index in [2.05, 4.69) is 5.18 Å². The van der Waals surface area contributed by atoms with Crippen LogP contribution in [-0.2, 0) is 4.79 Å². The molecule has 18 heavy (non-hydrogen) atoms. The fraction of sp³-hybridized carbons (Fsp3) is 0.364. The Hall–Kier alpha value is -1.92. The van der Waals surface area contributed by atoms with Gasteiger partial charge >= 0.3 is 0 Å². The number of carbonyl (C=O) groups is 1. The van der Waals surface area contributed by atoms with Crippen molar-refractivity contribution < 1.29 is 18.0 Å². The zero-order valence-corrected chi connectivity index (χ0v) is 9.25. The van der Waals surface area contributed by atoms with Crippen LogP contribution in [0.4, 0.5) is 24.5 Å². The molecule has 0 amide bonds. The minimum Gasteiger partial charge on any atom is -0.366 e. The number of carbonyl (C=O) groups excluding carboxylic acids is 1. The largest absolute Gasteiger partial charge is 0.366 e. The number of hydrogen-bond acceptors (Lipinski definition) is 4. The standard InChI is InChI=1S/C11H9F3N2O2/c12-7-5-8(15-18)9(13)10(14)11(7)16-3-1-6(17)2-4-16/h5H,1-4H2. The van der Waals surface area contributed by atoms with Crippen molar-refractivity contribution in [1.82, 2.24) is 0 Å². The zero-order valence-electron chi connectivity index (χ0n) is 9.25. The fourth-order valence-corrected chi connectivity index (χ4v) is 1.91. The normalized spacial score (nSPS) is 15.9. The summed E-state index contributed by atoms with van der Waals surface area (Å²) in [6.45, 7) is 0.250. The van der Waals surface area contributed by atoms with E-state index < -0.39 is 28.8 Å². The molecule has 1 aliphatic rings. The summed E-state index contributed by atoms with van der Waals surface area (Å²) in [5, 5.41) is 2.21. The second-order valence-corrected chi connectivity index (χ2v) is 3.97. The highest BCUT2D eigenvalue weighted by Gasteiger charge is 2.26. The van der Waals surface area contributed by atoms with Gasteiger partial charge in [-0.3, -0.25) is 4.79 Å². The van der Waals surface area contributed by atoms with E-state index in [1.807, 2.05) is 0 Å². The van der Waals surface area contributed by atoms with Gasteiger partial charge in [-0.25, -0.2) is 13.2 Å². The molecule has 4 nitrogen and oxygen atoms in total. The van der Waals surface area contributed by atoms with Gasteiger partial charge in [0, 0.05) is 32.0 Å². The Labute approximate surface area is 100 Å². The molecule has 1 aromatic rings. The van der Waals surface area contributed by atoms with Crippen LogP contribution in [0.5, 0.6) is 0 Å². The Morgan fingerprint density at radius 1 is 1.11 bits per heavy atom. The summed E-state index contributed by atoms with van der Waals surface area (Å²) in [7, 11) is 0. The molecule has 0 aromatic heterocycles. The molecular formula is C11H9F3N2O2. The number of anilines is 1. The van der Waals surface area contributed by atoms with Gasteiger partial charge in [0.1, 0.15) is 17.2 Å². The Morgan fingerprint density at radius 3 is 2.28 bits per heavy atom. The van der Waals surface area contributed by atoms with Crippen LogP contribution >= 0.6 is 0 Å². The van der Waals surface area contributed by atoms with Crippen LogP contribution in [-0.4, -0.2) is 18.9 Å². The highest BCUT2D eigenvalue weighted by atomic mass is 19.2. The number of nitrogens with zero attached hydrogens (tertiary/aromatic N) is 2. The van der Waals surface area contributed by atoms with E-state index in [-0.39, 0.29) is 31.7 Å². The quantitative estimate of drug-likeness (QED) is 0.605. The van der Waals surface area contributed by atoms with Crippen molar-refractivity contribution in [3.8, 4) is 0 Å². The van der Waals surface area contributed by atoms with Crippen molar-refractivity contribution in [2.24, 2.45) is 5.18 Å². The Morgan fingerprint density at radius 2 is 1.72 bits per heavy atom. The van der Waals surface area contributed by atoms with Crippen molar-refractivity contribution >= 4 is 17.2 Å². The van der Waals surface area contributed by atoms with Crippen LogP contribution in [0.25, 0.3) is 0 Å². The van der Waals surface area contributed by atoms with Crippen LogP contribution in [0, 0.1) is 22.4 Å². The summed E-state index contributed by atoms with van der Waals surface area (Å²) >= 11 is 0. The zero-order chi connectivity index (χ0) is 13.3. The van der Waals surface area contributed by atoms with Crippen LogP contribution < -0.4 is 4.90 Å². The van der Waals surface area contributed by atoms with E-state index in [0.29, 0.717) is 6.07 Å². The average Bonchev–Trinajstić information content (AvgIpc) is 2.36. The Kier molecular flexibility index (Phi) is 3.31. The molecule has 0 radical (unpaired) electrons. The van der Waals surface area contributed by atoms with Crippen molar-refractivity contribution in [2.75, 3.05) is 18.0 Å². The van der Waals surface area contributed by atoms with Crippen LogP contribution in [0.3, 0.4) is 0 Å². The molecule has 1 heterocycles. The highest BCUT2D eigenvalue weighted by molar-refractivity contribution is 5.81. The minimum absolute atomic E-state index is 0.00119. The predicted octanol–water partition coefficient (Wildman–Crippen LogP) is 2.67. The van der Waals surface area contributed by atoms with Crippen molar-refractivity contribution in [1.29, 1.82) is 0 Å². The molecule has 1 saturated heterocycles. The molecule has 7 heteroatoms. The first-order valence-electron chi connectivity index (χ1n) is 5.32. The number of benzene rings is 1. The molecule has 96 valence electrons. The van der Waals surface area contributed by atoms with Gasteiger partial charge in [-0.15, -0.1) is 4.91 Å². The van der Waals surface area contributed by atoms with Gasteiger partial charge in [0.05, 0.1) is 0 Å². The number of Topliss-reactive ketones (excluding diaryl/α,β-unsaturated/α-hetero) is 1. The van der Waals surface area contributed by atoms with Gasteiger partial charge < -0.3 is 4.90 Å². The lowest BCUT2D eigenvalue weighted by molar-refractivity contribution is -0.119. The van der Waals surface area contributed by atoms with E-state index in [0.717, 1.165) is 0 Å². The topological polar surface area (TPSA) is 49.7 Å². The number of ketones is 1. The molecule has 0 saturated carbocycles. The molecular weight excluding hydrogens is 249 g/mol. The summed E-state index contributed by atoms with van der Waals surface area (Å²) in [5.74, 6) is -3.98.